The molecule has 0 atom stereocenters. The summed E-state index contributed by atoms with van der Waals surface area (Å²) in [4.78, 5) is 4.85. The molecule has 2 heterocycles. The van der Waals surface area contributed by atoms with Crippen LogP contribution in [-0.4, -0.2) is 30.8 Å². The van der Waals surface area contributed by atoms with Gasteiger partial charge in [0.1, 0.15) is 4.90 Å². The van der Waals surface area contributed by atoms with Crippen molar-refractivity contribution in [2.24, 2.45) is 0 Å². The number of benzene rings is 2. The number of aromatic nitrogens is 1. The summed E-state index contributed by atoms with van der Waals surface area (Å²) in [5, 5.41) is 0.269. The Hall–Kier alpha value is -2.21. The van der Waals surface area contributed by atoms with E-state index in [0.717, 1.165) is 25.0 Å². The maximum atomic E-state index is 12.9. The fourth-order valence-electron chi connectivity index (χ4n) is 3.80. The third-order valence-corrected chi connectivity index (χ3v) is 7.82. The van der Waals surface area contributed by atoms with Gasteiger partial charge >= 0.3 is 0 Å². The molecule has 0 saturated carbocycles. The van der Waals surface area contributed by atoms with E-state index < -0.39 is 10.0 Å². The van der Waals surface area contributed by atoms with Gasteiger partial charge in [-0.05, 0) is 48.6 Å². The summed E-state index contributed by atoms with van der Waals surface area (Å²) in [5.74, 6) is 0.276. The van der Waals surface area contributed by atoms with Gasteiger partial charge in [-0.2, -0.15) is 4.31 Å². The molecule has 1 aliphatic heterocycles. The van der Waals surface area contributed by atoms with Crippen molar-refractivity contribution in [1.29, 1.82) is 0 Å². The second-order valence-electron chi connectivity index (χ2n) is 7.36. The average Bonchev–Trinajstić information content (AvgIpc) is 2.75. The maximum absolute atomic E-state index is 12.9. The maximum Gasteiger partial charge on any atom is 0.244 e. The lowest BCUT2D eigenvalue weighted by molar-refractivity contribution is 0.316. The number of piperidine rings is 1. The minimum Gasteiger partial charge on any atom is -0.261 e. The van der Waals surface area contributed by atoms with Crippen LogP contribution in [0.4, 0.5) is 0 Å². The number of rotatable bonds is 5. The first-order valence-electron chi connectivity index (χ1n) is 9.77. The molecule has 1 aromatic heterocycles. The van der Waals surface area contributed by atoms with Crippen LogP contribution in [0.15, 0.2) is 77.8 Å². The summed E-state index contributed by atoms with van der Waals surface area (Å²) in [7, 11) is -3.56. The van der Waals surface area contributed by atoms with E-state index in [4.69, 9.17) is 11.6 Å². The van der Waals surface area contributed by atoms with Gasteiger partial charge < -0.3 is 0 Å². The smallest absolute Gasteiger partial charge is 0.244 e. The minimum atomic E-state index is -3.56. The van der Waals surface area contributed by atoms with Crippen molar-refractivity contribution >= 4 is 21.6 Å². The molecule has 2 aromatic carbocycles. The third kappa shape index (κ3) is 4.53. The van der Waals surface area contributed by atoms with Crippen molar-refractivity contribution in [2.75, 3.05) is 13.1 Å². The van der Waals surface area contributed by atoms with Crippen molar-refractivity contribution in [3.63, 3.8) is 0 Å². The Morgan fingerprint density at radius 2 is 1.59 bits per heavy atom. The summed E-state index contributed by atoms with van der Waals surface area (Å²) in [6, 6.07) is 21.2. The van der Waals surface area contributed by atoms with Crippen molar-refractivity contribution in [2.45, 2.75) is 30.1 Å². The van der Waals surface area contributed by atoms with E-state index in [1.165, 1.54) is 15.4 Å². The predicted octanol–water partition coefficient (Wildman–Crippen LogP) is 4.89. The summed E-state index contributed by atoms with van der Waals surface area (Å²) >= 11 is 6.11. The van der Waals surface area contributed by atoms with Gasteiger partial charge in [-0.25, -0.2) is 8.42 Å². The minimum absolute atomic E-state index is 0.184. The number of pyridine rings is 1. The van der Waals surface area contributed by atoms with Crippen LogP contribution in [-0.2, 0) is 16.4 Å². The largest absolute Gasteiger partial charge is 0.261 e. The second-order valence-corrected chi connectivity index (χ2v) is 9.68. The monoisotopic (exact) mass is 426 g/mol. The second kappa shape index (κ2) is 8.66. The van der Waals surface area contributed by atoms with Gasteiger partial charge in [-0.1, -0.05) is 60.1 Å². The first kappa shape index (κ1) is 20.1. The molecule has 4 nitrogen and oxygen atoms in total. The van der Waals surface area contributed by atoms with Gasteiger partial charge in [0.2, 0.25) is 10.0 Å². The molecular formula is C23H23ClN2O2S. The van der Waals surface area contributed by atoms with Crippen LogP contribution in [0.2, 0.25) is 5.02 Å². The van der Waals surface area contributed by atoms with Crippen molar-refractivity contribution in [3.8, 4) is 0 Å². The molecule has 0 unspecified atom stereocenters. The van der Waals surface area contributed by atoms with Crippen LogP contribution in [0.25, 0.3) is 0 Å². The summed E-state index contributed by atoms with van der Waals surface area (Å²) in [6.07, 6.45) is 4.32. The lowest BCUT2D eigenvalue weighted by Crippen LogP contribution is -2.38. The van der Waals surface area contributed by atoms with Gasteiger partial charge in [0.05, 0.1) is 5.02 Å². The molecule has 0 amide bonds. The standard InChI is InChI=1S/C23H23ClN2O2S/c24-21-8-4-5-9-23(21)29(27,28)26-14-12-20(13-15-26)22-11-10-19(17-25-22)16-18-6-2-1-3-7-18/h1-11,17,20H,12-16H2. The Kier molecular flexibility index (Phi) is 5.99. The van der Waals surface area contributed by atoms with Crippen molar-refractivity contribution in [3.05, 3.63) is 94.8 Å². The Balaban J connectivity index is 1.40. The summed E-state index contributed by atoms with van der Waals surface area (Å²) in [6.45, 7) is 0.956. The van der Waals surface area contributed by atoms with Crippen LogP contribution in [0, 0.1) is 0 Å². The van der Waals surface area contributed by atoms with E-state index in [-0.39, 0.29) is 15.8 Å². The Labute approximate surface area is 177 Å². The molecule has 0 bridgehead atoms. The zero-order valence-electron chi connectivity index (χ0n) is 16.0. The number of hydrogen-bond donors (Lipinski definition) is 0. The molecule has 1 fully saturated rings. The molecule has 0 aliphatic carbocycles. The van der Waals surface area contributed by atoms with Crippen molar-refractivity contribution < 1.29 is 8.42 Å². The SMILES string of the molecule is O=S(=O)(c1ccccc1Cl)N1CCC(c2ccc(Cc3ccccc3)cn2)CC1. The van der Waals surface area contributed by atoms with E-state index in [1.54, 1.807) is 24.3 Å². The van der Waals surface area contributed by atoms with E-state index in [9.17, 15) is 8.42 Å². The zero-order chi connectivity index (χ0) is 20.3. The first-order chi connectivity index (χ1) is 14.0. The molecule has 6 heteroatoms. The molecule has 3 aromatic rings. The highest BCUT2D eigenvalue weighted by molar-refractivity contribution is 7.89. The molecule has 1 saturated heterocycles. The molecule has 0 N–H and O–H groups in total. The highest BCUT2D eigenvalue weighted by atomic mass is 35.5. The van der Waals surface area contributed by atoms with Gasteiger partial charge in [-0.3, -0.25) is 4.98 Å². The molecule has 4 rings (SSSR count). The van der Waals surface area contributed by atoms with Crippen LogP contribution in [0.1, 0.15) is 35.6 Å². The third-order valence-electron chi connectivity index (χ3n) is 5.43. The van der Waals surface area contributed by atoms with Crippen LogP contribution in [0.5, 0.6) is 0 Å². The topological polar surface area (TPSA) is 50.3 Å². The lowest BCUT2D eigenvalue weighted by atomic mass is 9.93. The van der Waals surface area contributed by atoms with Crippen molar-refractivity contribution in [1.82, 2.24) is 9.29 Å². The average molecular weight is 427 g/mol. The molecule has 0 spiro atoms. The molecule has 150 valence electrons. The molecule has 29 heavy (non-hydrogen) atoms. The van der Waals surface area contributed by atoms with E-state index in [1.807, 2.05) is 24.4 Å². The first-order valence-corrected chi connectivity index (χ1v) is 11.6. The normalized spacial score (nSPS) is 16.0. The zero-order valence-corrected chi connectivity index (χ0v) is 17.6. The van der Waals surface area contributed by atoms with Gasteiger partial charge in [0, 0.05) is 30.9 Å². The highest BCUT2D eigenvalue weighted by Gasteiger charge is 2.31. The summed E-state index contributed by atoms with van der Waals surface area (Å²) < 4.78 is 27.3. The van der Waals surface area contributed by atoms with Crippen LogP contribution in [0.3, 0.4) is 0 Å². The van der Waals surface area contributed by atoms with Crippen LogP contribution < -0.4 is 0 Å². The van der Waals surface area contributed by atoms with Gasteiger partial charge in [-0.15, -0.1) is 0 Å². The Morgan fingerprint density at radius 1 is 0.897 bits per heavy atom. The van der Waals surface area contributed by atoms with Gasteiger partial charge in [0.25, 0.3) is 0 Å². The van der Waals surface area contributed by atoms with E-state index >= 15 is 0 Å². The fourth-order valence-corrected chi connectivity index (χ4v) is 5.76. The molecular weight excluding hydrogens is 404 g/mol. The van der Waals surface area contributed by atoms with E-state index in [0.29, 0.717) is 13.1 Å². The van der Waals surface area contributed by atoms with Gasteiger partial charge in [0.15, 0.2) is 0 Å². The quantitative estimate of drug-likeness (QED) is 0.583. The van der Waals surface area contributed by atoms with Crippen LogP contribution >= 0.6 is 11.6 Å². The number of halogens is 1. The number of nitrogens with zero attached hydrogens (tertiary/aromatic N) is 2. The summed E-state index contributed by atoms with van der Waals surface area (Å²) in [5.41, 5.74) is 3.48. The predicted molar refractivity (Wildman–Crippen MR) is 116 cm³/mol. The van der Waals surface area contributed by atoms with E-state index in [2.05, 4.69) is 29.2 Å². The Morgan fingerprint density at radius 3 is 2.24 bits per heavy atom. The Bertz CT molecular complexity index is 1060. The number of sulfonamides is 1. The fraction of sp³-hybridized carbons (Fsp3) is 0.261. The highest BCUT2D eigenvalue weighted by Crippen LogP contribution is 2.31. The molecule has 0 radical (unpaired) electrons. The molecule has 1 aliphatic rings. The number of hydrogen-bond acceptors (Lipinski definition) is 3. The lowest BCUT2D eigenvalue weighted by Gasteiger charge is -2.31.